The van der Waals surface area contributed by atoms with Gasteiger partial charge in [0.25, 0.3) is 5.91 Å². The van der Waals surface area contributed by atoms with Crippen molar-refractivity contribution in [2.75, 3.05) is 6.44 Å². The van der Waals surface area contributed by atoms with Crippen molar-refractivity contribution in [2.45, 2.75) is 45.8 Å². The van der Waals surface area contributed by atoms with E-state index in [1.165, 1.54) is 6.07 Å². The molecule has 2 heterocycles. The third kappa shape index (κ3) is 3.13. The van der Waals surface area contributed by atoms with E-state index in [1.54, 1.807) is 13.0 Å². The van der Waals surface area contributed by atoms with E-state index in [0.717, 1.165) is 0 Å². The Balaban J connectivity index is 1.97. The van der Waals surface area contributed by atoms with Gasteiger partial charge < -0.3 is 14.6 Å². The fraction of sp³-hybridized carbons (Fsp3) is 0.533. The number of carbonyl (C=O) groups excluding carboxylic acids is 1. The van der Waals surface area contributed by atoms with Crippen LogP contribution < -0.4 is 5.32 Å². The van der Waals surface area contributed by atoms with Crippen molar-refractivity contribution in [3.63, 3.8) is 0 Å². The topological polar surface area (TPSA) is 84.2 Å². The van der Waals surface area contributed by atoms with Crippen molar-refractivity contribution >= 4 is 13.0 Å². The first-order chi connectivity index (χ1) is 10.2. The summed E-state index contributed by atoms with van der Waals surface area (Å²) in [7, 11) is -0.492. The summed E-state index contributed by atoms with van der Waals surface area (Å²) in [5, 5.41) is 11.6. The van der Waals surface area contributed by atoms with Crippen LogP contribution in [0, 0.1) is 18.3 Å². The highest BCUT2D eigenvalue weighted by Crippen LogP contribution is 2.36. The molecule has 1 amide bonds. The van der Waals surface area contributed by atoms with Gasteiger partial charge in [-0.15, -0.1) is 0 Å². The monoisotopic (exact) mass is 301 g/mol. The maximum absolute atomic E-state index is 12.1. The van der Waals surface area contributed by atoms with E-state index in [0.29, 0.717) is 11.3 Å². The Kier molecular flexibility index (Phi) is 4.27. The van der Waals surface area contributed by atoms with Gasteiger partial charge in [-0.25, -0.2) is 4.98 Å². The third-order valence-electron chi connectivity index (χ3n) is 4.17. The number of pyridine rings is 1. The lowest BCUT2D eigenvalue weighted by Gasteiger charge is -2.32. The normalized spacial score (nSPS) is 18.8. The third-order valence-corrected chi connectivity index (χ3v) is 4.17. The predicted octanol–water partition coefficient (Wildman–Crippen LogP) is 1.62. The molecule has 2 rings (SSSR count). The van der Waals surface area contributed by atoms with Gasteiger partial charge in [-0.05, 0) is 46.8 Å². The van der Waals surface area contributed by atoms with Crippen LogP contribution in [-0.4, -0.2) is 35.7 Å². The standard InChI is InChI=1S/C15H20BN3O3/c1-10-11(8-17)6-7-12(19-10)13(20)18-9-16-21-14(2,3)15(4,5)22-16/h6-7H,9H2,1-5H3,(H,18,20). The van der Waals surface area contributed by atoms with Crippen LogP contribution in [0.15, 0.2) is 12.1 Å². The second-order valence-corrected chi connectivity index (χ2v) is 6.34. The van der Waals surface area contributed by atoms with E-state index < -0.39 is 18.3 Å². The minimum atomic E-state index is -0.492. The van der Waals surface area contributed by atoms with Gasteiger partial charge in [-0.2, -0.15) is 5.26 Å². The number of hydrogen-bond acceptors (Lipinski definition) is 5. The number of nitrogens with zero attached hydrogens (tertiary/aromatic N) is 2. The molecule has 0 aliphatic carbocycles. The molecule has 0 spiro atoms. The lowest BCUT2D eigenvalue weighted by Crippen LogP contribution is -2.41. The highest BCUT2D eigenvalue weighted by atomic mass is 16.7. The summed E-state index contributed by atoms with van der Waals surface area (Å²) in [6.07, 6.45) is 0.242. The number of carbonyl (C=O) groups is 1. The Morgan fingerprint density at radius 1 is 1.32 bits per heavy atom. The molecule has 0 aromatic carbocycles. The van der Waals surface area contributed by atoms with Gasteiger partial charge in [-0.3, -0.25) is 4.79 Å². The van der Waals surface area contributed by atoms with Crippen molar-refractivity contribution in [3.05, 3.63) is 29.1 Å². The van der Waals surface area contributed by atoms with E-state index in [1.807, 2.05) is 33.8 Å². The fourth-order valence-electron chi connectivity index (χ4n) is 2.12. The summed E-state index contributed by atoms with van der Waals surface area (Å²) >= 11 is 0. The smallest absolute Gasteiger partial charge is 0.402 e. The van der Waals surface area contributed by atoms with Gasteiger partial charge in [0, 0.05) is 0 Å². The van der Waals surface area contributed by atoms with E-state index in [9.17, 15) is 4.79 Å². The molecule has 1 fully saturated rings. The summed E-state index contributed by atoms with van der Waals surface area (Å²) in [4.78, 5) is 16.2. The van der Waals surface area contributed by atoms with Crippen LogP contribution >= 0.6 is 0 Å². The van der Waals surface area contributed by atoms with Crippen molar-refractivity contribution in [1.29, 1.82) is 5.26 Å². The van der Waals surface area contributed by atoms with Crippen LogP contribution in [0.2, 0.25) is 0 Å². The summed E-state index contributed by atoms with van der Waals surface area (Å²) in [6.45, 7) is 9.53. The lowest BCUT2D eigenvalue weighted by atomic mass is 9.90. The molecule has 1 aromatic rings. The maximum atomic E-state index is 12.1. The molecular weight excluding hydrogens is 281 g/mol. The zero-order valence-electron chi connectivity index (χ0n) is 13.6. The first kappa shape index (κ1) is 16.5. The minimum Gasteiger partial charge on any atom is -0.402 e. The van der Waals surface area contributed by atoms with Crippen LogP contribution in [-0.2, 0) is 9.31 Å². The zero-order valence-corrected chi connectivity index (χ0v) is 13.6. The van der Waals surface area contributed by atoms with Crippen LogP contribution in [0.25, 0.3) is 0 Å². The molecule has 1 aromatic heterocycles. The van der Waals surface area contributed by atoms with Gasteiger partial charge in [0.05, 0.1) is 28.9 Å². The quantitative estimate of drug-likeness (QED) is 0.858. The highest BCUT2D eigenvalue weighted by molar-refractivity contribution is 6.46. The Labute approximate surface area is 131 Å². The van der Waals surface area contributed by atoms with E-state index >= 15 is 0 Å². The first-order valence-corrected chi connectivity index (χ1v) is 7.18. The van der Waals surface area contributed by atoms with Crippen molar-refractivity contribution < 1.29 is 14.1 Å². The number of nitrogens with one attached hydrogen (secondary N) is 1. The largest absolute Gasteiger partial charge is 0.478 e. The van der Waals surface area contributed by atoms with Gasteiger partial charge in [-0.1, -0.05) is 0 Å². The number of hydrogen-bond donors (Lipinski definition) is 1. The second-order valence-electron chi connectivity index (χ2n) is 6.34. The molecule has 0 radical (unpaired) electrons. The summed E-state index contributed by atoms with van der Waals surface area (Å²) in [6, 6.07) is 5.14. The molecule has 1 N–H and O–H groups in total. The molecule has 0 unspecified atom stereocenters. The second kappa shape index (κ2) is 5.71. The molecular formula is C15H20BN3O3. The Hall–Kier alpha value is -1.91. The molecule has 1 saturated heterocycles. The minimum absolute atomic E-state index is 0.242. The maximum Gasteiger partial charge on any atom is 0.478 e. The molecule has 1 aliphatic heterocycles. The molecule has 0 bridgehead atoms. The number of aryl methyl sites for hydroxylation is 1. The molecule has 22 heavy (non-hydrogen) atoms. The first-order valence-electron chi connectivity index (χ1n) is 7.18. The number of amides is 1. The zero-order chi connectivity index (χ0) is 16.5. The Morgan fingerprint density at radius 3 is 2.41 bits per heavy atom. The van der Waals surface area contributed by atoms with Crippen LogP contribution in [0.4, 0.5) is 0 Å². The van der Waals surface area contributed by atoms with E-state index in [2.05, 4.69) is 10.3 Å². The highest BCUT2D eigenvalue weighted by Gasteiger charge is 2.50. The summed E-state index contributed by atoms with van der Waals surface area (Å²) in [5.74, 6) is -0.317. The Bertz CT molecular complexity index is 621. The molecule has 6 nitrogen and oxygen atoms in total. The SMILES string of the molecule is Cc1nc(C(=O)NCB2OC(C)(C)C(C)(C)O2)ccc1C#N. The van der Waals surface area contributed by atoms with E-state index in [-0.39, 0.29) is 18.0 Å². The molecule has 0 atom stereocenters. The Morgan fingerprint density at radius 2 is 1.91 bits per heavy atom. The van der Waals surface area contributed by atoms with Crippen molar-refractivity contribution in [3.8, 4) is 6.07 Å². The van der Waals surface area contributed by atoms with Crippen molar-refractivity contribution in [1.82, 2.24) is 10.3 Å². The average Bonchev–Trinajstić information content (AvgIpc) is 2.64. The fourth-order valence-corrected chi connectivity index (χ4v) is 2.12. The van der Waals surface area contributed by atoms with Crippen LogP contribution in [0.5, 0.6) is 0 Å². The molecule has 0 saturated carbocycles. The van der Waals surface area contributed by atoms with E-state index in [4.69, 9.17) is 14.6 Å². The molecule has 1 aliphatic rings. The van der Waals surface area contributed by atoms with Gasteiger partial charge in [0.2, 0.25) is 0 Å². The predicted molar refractivity (Wildman–Crippen MR) is 82.1 cm³/mol. The number of rotatable bonds is 3. The van der Waals surface area contributed by atoms with Crippen LogP contribution in [0.3, 0.4) is 0 Å². The lowest BCUT2D eigenvalue weighted by molar-refractivity contribution is 0.00578. The number of aromatic nitrogens is 1. The average molecular weight is 301 g/mol. The van der Waals surface area contributed by atoms with Gasteiger partial charge >= 0.3 is 7.12 Å². The molecule has 116 valence electrons. The summed E-state index contributed by atoms with van der Waals surface area (Å²) < 4.78 is 11.6. The summed E-state index contributed by atoms with van der Waals surface area (Å²) in [5.41, 5.74) is 0.415. The van der Waals surface area contributed by atoms with Gasteiger partial charge in [0.15, 0.2) is 0 Å². The van der Waals surface area contributed by atoms with Crippen LogP contribution in [0.1, 0.15) is 49.4 Å². The molecule has 7 heteroatoms. The van der Waals surface area contributed by atoms with Crippen molar-refractivity contribution in [2.24, 2.45) is 0 Å². The van der Waals surface area contributed by atoms with Gasteiger partial charge in [0.1, 0.15) is 11.8 Å². The number of nitriles is 1.